The van der Waals surface area contributed by atoms with E-state index in [4.69, 9.17) is 0 Å². The van der Waals surface area contributed by atoms with Gasteiger partial charge in [0.15, 0.2) is 0 Å². The van der Waals surface area contributed by atoms with Gasteiger partial charge < -0.3 is 10.6 Å². The van der Waals surface area contributed by atoms with E-state index in [9.17, 15) is 4.79 Å². The lowest BCUT2D eigenvalue weighted by molar-refractivity contribution is -0.120. The Bertz CT molecular complexity index is 612. The second-order valence-electron chi connectivity index (χ2n) is 5.34. The first-order valence-corrected chi connectivity index (χ1v) is 7.10. The van der Waals surface area contributed by atoms with Crippen molar-refractivity contribution in [3.05, 3.63) is 30.6 Å². The number of benzene rings is 1. The number of aromatic nitrogens is 4. The van der Waals surface area contributed by atoms with Gasteiger partial charge in [-0.15, -0.1) is 5.10 Å². The summed E-state index contributed by atoms with van der Waals surface area (Å²) in [6.07, 6.45) is 3.24. The third-order valence-electron chi connectivity index (χ3n) is 3.75. The molecule has 0 spiro atoms. The molecular weight excluding hydrogens is 268 g/mol. The van der Waals surface area contributed by atoms with Crippen LogP contribution in [-0.2, 0) is 4.79 Å². The zero-order chi connectivity index (χ0) is 14.7. The molecule has 1 aromatic carbocycles. The van der Waals surface area contributed by atoms with Crippen molar-refractivity contribution in [2.75, 3.05) is 11.9 Å². The van der Waals surface area contributed by atoms with Gasteiger partial charge in [0.2, 0.25) is 5.91 Å². The summed E-state index contributed by atoms with van der Waals surface area (Å²) in [5.74, 6) is 0.104. The Hall–Kier alpha value is -2.28. The highest BCUT2D eigenvalue weighted by Gasteiger charge is 2.25. The fraction of sp³-hybridized carbons (Fsp3) is 0.429. The zero-order valence-corrected chi connectivity index (χ0v) is 11.9. The highest BCUT2D eigenvalue weighted by molar-refractivity contribution is 5.94. The average Bonchev–Trinajstić information content (AvgIpc) is 3.02. The van der Waals surface area contributed by atoms with Crippen LogP contribution in [0.5, 0.6) is 0 Å². The van der Waals surface area contributed by atoms with Crippen molar-refractivity contribution in [3.63, 3.8) is 0 Å². The Morgan fingerprint density at radius 2 is 2.29 bits per heavy atom. The van der Waals surface area contributed by atoms with E-state index in [2.05, 4.69) is 33.1 Å². The summed E-state index contributed by atoms with van der Waals surface area (Å²) in [6, 6.07) is 7.88. The van der Waals surface area contributed by atoms with Crippen LogP contribution in [0.4, 0.5) is 5.69 Å². The van der Waals surface area contributed by atoms with E-state index in [1.165, 1.54) is 6.33 Å². The first-order valence-electron chi connectivity index (χ1n) is 7.10. The fourth-order valence-electron chi connectivity index (χ4n) is 2.66. The maximum atomic E-state index is 12.4. The molecule has 2 aromatic rings. The molecule has 1 aromatic heterocycles. The molecule has 1 saturated heterocycles. The number of rotatable bonds is 3. The number of piperidine rings is 1. The number of carbonyl (C=O) groups excluding carboxylic acids is 1. The predicted molar refractivity (Wildman–Crippen MR) is 78.0 cm³/mol. The van der Waals surface area contributed by atoms with Gasteiger partial charge in [-0.3, -0.25) is 4.79 Å². The third kappa shape index (κ3) is 3.08. The standard InChI is InChI=1S/C14H18N6O/c1-10-8-11(6-7-15-10)14(21)17-12-4-2-3-5-13(12)20-9-16-18-19-20/h2-5,9-11,15H,6-8H2,1H3,(H,17,21). The minimum atomic E-state index is 0.0446. The lowest BCUT2D eigenvalue weighted by Crippen LogP contribution is -2.40. The van der Waals surface area contributed by atoms with Crippen LogP contribution in [0.1, 0.15) is 19.8 Å². The van der Waals surface area contributed by atoms with Gasteiger partial charge >= 0.3 is 0 Å². The third-order valence-corrected chi connectivity index (χ3v) is 3.75. The molecule has 2 atom stereocenters. The van der Waals surface area contributed by atoms with E-state index >= 15 is 0 Å². The van der Waals surface area contributed by atoms with Crippen LogP contribution < -0.4 is 10.6 Å². The van der Waals surface area contributed by atoms with Gasteiger partial charge in [0.25, 0.3) is 0 Å². The summed E-state index contributed by atoms with van der Waals surface area (Å²) in [7, 11) is 0. The number of amides is 1. The molecule has 0 radical (unpaired) electrons. The molecule has 7 nitrogen and oxygen atoms in total. The molecule has 7 heteroatoms. The number of anilines is 1. The molecular formula is C14H18N6O. The first kappa shape index (κ1) is 13.7. The summed E-state index contributed by atoms with van der Waals surface area (Å²) >= 11 is 0. The molecule has 0 aliphatic carbocycles. The van der Waals surface area contributed by atoms with Gasteiger partial charge in [-0.25, -0.2) is 0 Å². The van der Waals surface area contributed by atoms with Crippen LogP contribution in [0.2, 0.25) is 0 Å². The van der Waals surface area contributed by atoms with Crippen LogP contribution in [0.3, 0.4) is 0 Å². The molecule has 0 saturated carbocycles. The van der Waals surface area contributed by atoms with Gasteiger partial charge in [-0.05, 0) is 48.9 Å². The Labute approximate surface area is 122 Å². The fourth-order valence-corrected chi connectivity index (χ4v) is 2.66. The number of carbonyl (C=O) groups is 1. The Kier molecular flexibility index (Phi) is 3.92. The highest BCUT2D eigenvalue weighted by Crippen LogP contribution is 2.22. The maximum Gasteiger partial charge on any atom is 0.227 e. The van der Waals surface area contributed by atoms with E-state index in [1.54, 1.807) is 4.68 Å². The van der Waals surface area contributed by atoms with E-state index in [0.29, 0.717) is 6.04 Å². The van der Waals surface area contributed by atoms with Crippen molar-refractivity contribution in [2.24, 2.45) is 5.92 Å². The summed E-state index contributed by atoms with van der Waals surface area (Å²) in [6.45, 7) is 2.99. The lowest BCUT2D eigenvalue weighted by atomic mass is 9.92. The van der Waals surface area contributed by atoms with Gasteiger partial charge in [0.05, 0.1) is 11.4 Å². The van der Waals surface area contributed by atoms with Gasteiger partial charge in [-0.1, -0.05) is 12.1 Å². The summed E-state index contributed by atoms with van der Waals surface area (Å²) in [5, 5.41) is 17.5. The topological polar surface area (TPSA) is 84.7 Å². The number of nitrogens with one attached hydrogen (secondary N) is 2. The Morgan fingerprint density at radius 1 is 1.43 bits per heavy atom. The van der Waals surface area contributed by atoms with E-state index in [0.717, 1.165) is 30.8 Å². The number of hydrogen-bond donors (Lipinski definition) is 2. The molecule has 2 heterocycles. The molecule has 1 amide bonds. The molecule has 1 aliphatic heterocycles. The van der Waals surface area contributed by atoms with Gasteiger partial charge in [0, 0.05) is 12.0 Å². The monoisotopic (exact) mass is 286 g/mol. The zero-order valence-electron chi connectivity index (χ0n) is 11.9. The number of tetrazole rings is 1. The van der Waals surface area contributed by atoms with Crippen molar-refractivity contribution in [1.29, 1.82) is 0 Å². The summed E-state index contributed by atoms with van der Waals surface area (Å²) in [4.78, 5) is 12.4. The van der Waals surface area contributed by atoms with Crippen molar-refractivity contribution in [1.82, 2.24) is 25.5 Å². The summed E-state index contributed by atoms with van der Waals surface area (Å²) < 4.78 is 1.54. The van der Waals surface area contributed by atoms with Crippen LogP contribution in [-0.4, -0.2) is 38.7 Å². The minimum absolute atomic E-state index is 0.0446. The Balaban J connectivity index is 1.77. The van der Waals surface area contributed by atoms with Gasteiger partial charge in [-0.2, -0.15) is 4.68 Å². The number of hydrogen-bond acceptors (Lipinski definition) is 5. The Morgan fingerprint density at radius 3 is 3.05 bits per heavy atom. The molecule has 110 valence electrons. The number of para-hydroxylation sites is 2. The van der Waals surface area contributed by atoms with Crippen molar-refractivity contribution >= 4 is 11.6 Å². The van der Waals surface area contributed by atoms with Crippen molar-refractivity contribution in [2.45, 2.75) is 25.8 Å². The van der Waals surface area contributed by atoms with Crippen molar-refractivity contribution in [3.8, 4) is 5.69 Å². The molecule has 21 heavy (non-hydrogen) atoms. The van der Waals surface area contributed by atoms with E-state index in [1.807, 2.05) is 24.3 Å². The SMILES string of the molecule is CC1CC(C(=O)Nc2ccccc2-n2cnnn2)CCN1. The summed E-state index contributed by atoms with van der Waals surface area (Å²) in [5.41, 5.74) is 1.49. The van der Waals surface area contributed by atoms with Gasteiger partial charge in [0.1, 0.15) is 6.33 Å². The lowest BCUT2D eigenvalue weighted by Gasteiger charge is -2.27. The van der Waals surface area contributed by atoms with Crippen LogP contribution in [0.25, 0.3) is 5.69 Å². The number of nitrogens with zero attached hydrogens (tertiary/aromatic N) is 4. The molecule has 2 unspecified atom stereocenters. The first-order chi connectivity index (χ1) is 10.2. The van der Waals surface area contributed by atoms with E-state index in [-0.39, 0.29) is 11.8 Å². The van der Waals surface area contributed by atoms with E-state index < -0.39 is 0 Å². The smallest absolute Gasteiger partial charge is 0.227 e. The highest BCUT2D eigenvalue weighted by atomic mass is 16.1. The molecule has 3 rings (SSSR count). The predicted octanol–water partition coefficient (Wildman–Crippen LogP) is 0.989. The second-order valence-corrected chi connectivity index (χ2v) is 5.34. The largest absolute Gasteiger partial charge is 0.324 e. The molecule has 1 fully saturated rings. The average molecular weight is 286 g/mol. The molecule has 0 bridgehead atoms. The quantitative estimate of drug-likeness (QED) is 0.879. The molecule has 1 aliphatic rings. The minimum Gasteiger partial charge on any atom is -0.324 e. The van der Waals surface area contributed by atoms with Crippen LogP contribution in [0.15, 0.2) is 30.6 Å². The molecule has 2 N–H and O–H groups in total. The van der Waals surface area contributed by atoms with Crippen LogP contribution in [0, 0.1) is 5.92 Å². The second kappa shape index (κ2) is 6.01. The maximum absolute atomic E-state index is 12.4. The van der Waals surface area contributed by atoms with Crippen LogP contribution >= 0.6 is 0 Å². The normalized spacial score (nSPS) is 22.0. The van der Waals surface area contributed by atoms with Crippen molar-refractivity contribution < 1.29 is 4.79 Å².